The van der Waals surface area contributed by atoms with Gasteiger partial charge >= 0.3 is 0 Å². The topological polar surface area (TPSA) is 73.2 Å². The van der Waals surface area contributed by atoms with Crippen LogP contribution >= 0.6 is 0 Å². The van der Waals surface area contributed by atoms with Gasteiger partial charge in [0.05, 0.1) is 5.56 Å². The number of pyridine rings is 1. The van der Waals surface area contributed by atoms with Crippen LogP contribution in [0.2, 0.25) is 0 Å². The minimum Gasteiger partial charge on any atom is -0.464 e. The van der Waals surface area contributed by atoms with Crippen LogP contribution in [0.4, 0.5) is 0 Å². The third-order valence-corrected chi connectivity index (χ3v) is 7.47. The predicted octanol–water partition coefficient (Wildman–Crippen LogP) is 5.48. The molecule has 2 heterocycles. The van der Waals surface area contributed by atoms with Crippen molar-refractivity contribution in [3.63, 3.8) is 0 Å². The van der Waals surface area contributed by atoms with E-state index in [0.717, 1.165) is 40.4 Å². The summed E-state index contributed by atoms with van der Waals surface area (Å²) in [6.45, 7) is 12.1. The number of nitrogens with zero attached hydrogens (tertiary/aromatic N) is 2. The van der Waals surface area contributed by atoms with Crippen molar-refractivity contribution >= 4 is 12.4 Å². The molecule has 2 aliphatic rings. The van der Waals surface area contributed by atoms with Crippen LogP contribution in [0, 0.1) is 19.8 Å². The molecule has 1 N–H and O–H groups in total. The fourth-order valence-electron chi connectivity index (χ4n) is 5.31. The van der Waals surface area contributed by atoms with E-state index >= 15 is 0 Å². The molecular formula is C28H39N3O3. The molecule has 0 spiro atoms. The average molecular weight is 466 g/mol. The molecule has 0 unspecified atom stereocenters. The molecule has 0 saturated heterocycles. The number of hydrogen-bond acceptors (Lipinski definition) is 4. The first-order chi connectivity index (χ1) is 16.2. The summed E-state index contributed by atoms with van der Waals surface area (Å²) in [4.78, 5) is 28.6. The Morgan fingerprint density at radius 1 is 1.15 bits per heavy atom. The van der Waals surface area contributed by atoms with E-state index in [-0.39, 0.29) is 23.5 Å². The number of nitrogens with one attached hydrogen (secondary N) is 1. The van der Waals surface area contributed by atoms with Crippen molar-refractivity contribution in [1.82, 2.24) is 14.9 Å². The molecule has 2 aromatic rings. The SMILES string of the molecule is Cc1cc(-c2cc(C(=O)N[C@H]3C[C@H](OC=O)C3)c(C)n2CC2CCCCC2)cc(C(C)(C)C)n1. The highest BCUT2D eigenvalue weighted by Gasteiger charge is 2.33. The van der Waals surface area contributed by atoms with Gasteiger partial charge in [0.15, 0.2) is 0 Å². The molecule has 2 fully saturated rings. The largest absolute Gasteiger partial charge is 0.464 e. The third kappa shape index (κ3) is 5.37. The van der Waals surface area contributed by atoms with Gasteiger partial charge in [-0.15, -0.1) is 0 Å². The van der Waals surface area contributed by atoms with E-state index in [4.69, 9.17) is 9.72 Å². The Kier molecular flexibility index (Phi) is 7.15. The Bertz CT molecular complexity index is 1040. The number of carbonyl (C=O) groups is 2. The maximum atomic E-state index is 13.3. The maximum Gasteiger partial charge on any atom is 0.293 e. The van der Waals surface area contributed by atoms with E-state index in [1.54, 1.807) is 0 Å². The van der Waals surface area contributed by atoms with Crippen LogP contribution in [0.1, 0.15) is 93.2 Å². The van der Waals surface area contributed by atoms with Gasteiger partial charge in [-0.1, -0.05) is 40.0 Å². The monoisotopic (exact) mass is 465 g/mol. The molecule has 0 aromatic carbocycles. The molecule has 0 radical (unpaired) electrons. The second-order valence-electron chi connectivity index (χ2n) is 11.3. The molecule has 0 bridgehead atoms. The minimum atomic E-state index is -0.0778. The molecule has 0 atom stereocenters. The van der Waals surface area contributed by atoms with Gasteiger partial charge in [-0.05, 0) is 50.8 Å². The Morgan fingerprint density at radius 3 is 2.50 bits per heavy atom. The average Bonchev–Trinajstić information content (AvgIpc) is 3.08. The first-order valence-electron chi connectivity index (χ1n) is 12.8. The number of rotatable bonds is 7. The third-order valence-electron chi connectivity index (χ3n) is 7.47. The molecule has 2 aromatic heterocycles. The number of amides is 1. The Labute approximate surface area is 203 Å². The lowest BCUT2D eigenvalue weighted by Crippen LogP contribution is -2.47. The highest BCUT2D eigenvalue weighted by Crippen LogP contribution is 2.34. The first kappa shape index (κ1) is 24.5. The van der Waals surface area contributed by atoms with Crippen LogP contribution in [0.15, 0.2) is 18.2 Å². The standard InChI is InChI=1S/C28H39N3O3/c1-18-11-21(12-26(29-18)28(3,4)5)25-15-24(27(33)30-22-13-23(14-22)34-17-32)19(2)31(25)16-20-9-7-6-8-10-20/h11-12,15,17,20,22-23H,6-10,13-14,16H2,1-5H3,(H,30,33)/t22-,23-. The van der Waals surface area contributed by atoms with Gasteiger partial charge in [0.1, 0.15) is 6.10 Å². The maximum absolute atomic E-state index is 13.3. The second-order valence-corrected chi connectivity index (χ2v) is 11.3. The quantitative estimate of drug-likeness (QED) is 0.550. The van der Waals surface area contributed by atoms with E-state index in [2.05, 4.69) is 55.8 Å². The van der Waals surface area contributed by atoms with E-state index < -0.39 is 0 Å². The van der Waals surface area contributed by atoms with Gasteiger partial charge in [0.25, 0.3) is 12.4 Å². The highest BCUT2D eigenvalue weighted by molar-refractivity contribution is 5.97. The number of aromatic nitrogens is 2. The van der Waals surface area contributed by atoms with E-state index in [0.29, 0.717) is 25.2 Å². The minimum absolute atomic E-state index is 0.0440. The lowest BCUT2D eigenvalue weighted by molar-refractivity contribution is -0.138. The predicted molar refractivity (Wildman–Crippen MR) is 134 cm³/mol. The van der Waals surface area contributed by atoms with Crippen molar-refractivity contribution in [2.75, 3.05) is 0 Å². The van der Waals surface area contributed by atoms with E-state index in [9.17, 15) is 9.59 Å². The summed E-state index contributed by atoms with van der Waals surface area (Å²) in [5.41, 5.74) is 5.97. The van der Waals surface area contributed by atoms with Crippen LogP contribution in [-0.2, 0) is 21.5 Å². The summed E-state index contributed by atoms with van der Waals surface area (Å²) in [7, 11) is 0. The summed E-state index contributed by atoms with van der Waals surface area (Å²) in [5, 5.41) is 3.14. The van der Waals surface area contributed by atoms with Crippen molar-refractivity contribution in [3.05, 3.63) is 40.8 Å². The lowest BCUT2D eigenvalue weighted by atomic mass is 9.89. The van der Waals surface area contributed by atoms with Gasteiger partial charge in [-0.3, -0.25) is 14.6 Å². The number of aryl methyl sites for hydroxylation is 1. The molecule has 4 rings (SSSR count). The molecule has 2 saturated carbocycles. The van der Waals surface area contributed by atoms with E-state index in [1.165, 1.54) is 32.1 Å². The van der Waals surface area contributed by atoms with Crippen molar-refractivity contribution in [2.45, 2.75) is 104 Å². The van der Waals surface area contributed by atoms with Crippen molar-refractivity contribution in [2.24, 2.45) is 5.92 Å². The van der Waals surface area contributed by atoms with Crippen LogP contribution < -0.4 is 5.32 Å². The lowest BCUT2D eigenvalue weighted by Gasteiger charge is -2.34. The molecular weight excluding hydrogens is 426 g/mol. The molecule has 184 valence electrons. The van der Waals surface area contributed by atoms with Gasteiger partial charge in [-0.2, -0.15) is 0 Å². The Morgan fingerprint density at radius 2 is 1.85 bits per heavy atom. The fourth-order valence-corrected chi connectivity index (χ4v) is 5.31. The number of hydrogen-bond donors (Lipinski definition) is 1. The van der Waals surface area contributed by atoms with Crippen LogP contribution in [0.25, 0.3) is 11.3 Å². The van der Waals surface area contributed by atoms with Crippen molar-refractivity contribution in [3.8, 4) is 11.3 Å². The van der Waals surface area contributed by atoms with Gasteiger partial charge in [-0.25, -0.2) is 0 Å². The number of ether oxygens (including phenoxy) is 1. The van der Waals surface area contributed by atoms with E-state index in [1.807, 2.05) is 6.92 Å². The fraction of sp³-hybridized carbons (Fsp3) is 0.607. The molecule has 34 heavy (non-hydrogen) atoms. The summed E-state index contributed by atoms with van der Waals surface area (Å²) >= 11 is 0. The summed E-state index contributed by atoms with van der Waals surface area (Å²) in [5.74, 6) is 0.602. The van der Waals surface area contributed by atoms with Gasteiger partial charge in [0, 0.05) is 59.2 Å². The summed E-state index contributed by atoms with van der Waals surface area (Å²) in [6, 6.07) is 6.44. The van der Waals surface area contributed by atoms with Gasteiger partial charge in [0.2, 0.25) is 0 Å². The molecule has 2 aliphatic carbocycles. The van der Waals surface area contributed by atoms with Crippen molar-refractivity contribution < 1.29 is 14.3 Å². The normalized spacial score (nSPS) is 21.1. The first-order valence-corrected chi connectivity index (χ1v) is 12.8. The molecule has 6 heteroatoms. The molecule has 6 nitrogen and oxygen atoms in total. The zero-order valence-electron chi connectivity index (χ0n) is 21.3. The summed E-state index contributed by atoms with van der Waals surface area (Å²) < 4.78 is 7.36. The smallest absolute Gasteiger partial charge is 0.293 e. The summed E-state index contributed by atoms with van der Waals surface area (Å²) in [6.07, 6.45) is 7.70. The molecule has 1 amide bonds. The Balaban J connectivity index is 1.66. The molecule has 0 aliphatic heterocycles. The number of carbonyl (C=O) groups excluding carboxylic acids is 2. The van der Waals surface area contributed by atoms with Gasteiger partial charge < -0.3 is 14.6 Å². The van der Waals surface area contributed by atoms with Crippen LogP contribution in [0.5, 0.6) is 0 Å². The highest BCUT2D eigenvalue weighted by atomic mass is 16.5. The van der Waals surface area contributed by atoms with Crippen molar-refractivity contribution in [1.29, 1.82) is 0 Å². The second kappa shape index (κ2) is 9.93. The Hall–Kier alpha value is -2.63. The zero-order valence-corrected chi connectivity index (χ0v) is 21.3. The van der Waals surface area contributed by atoms with Crippen LogP contribution in [-0.4, -0.2) is 34.1 Å². The zero-order chi connectivity index (χ0) is 24.5. The van der Waals surface area contributed by atoms with Crippen LogP contribution in [0.3, 0.4) is 0 Å².